The minimum atomic E-state index is -4.54. The second-order valence-electron chi connectivity index (χ2n) is 8.80. The number of fused-ring (bicyclic) bond motifs is 1. The molecule has 1 aromatic carbocycles. The van der Waals surface area contributed by atoms with Crippen LogP contribution in [0.1, 0.15) is 36.7 Å². The van der Waals surface area contributed by atoms with Crippen LogP contribution in [-0.2, 0) is 19.8 Å². The second kappa shape index (κ2) is 9.18. The van der Waals surface area contributed by atoms with Crippen molar-refractivity contribution in [2.24, 2.45) is 7.05 Å². The number of hydrogen-bond acceptors (Lipinski definition) is 6. The van der Waals surface area contributed by atoms with Crippen LogP contribution in [-0.4, -0.2) is 29.1 Å². The van der Waals surface area contributed by atoms with Gasteiger partial charge in [0.1, 0.15) is 11.6 Å². The summed E-state index contributed by atoms with van der Waals surface area (Å²) in [4.78, 5) is 29.3. The lowest BCUT2D eigenvalue weighted by Crippen LogP contribution is -2.14. The van der Waals surface area contributed by atoms with Gasteiger partial charge in [0, 0.05) is 25.0 Å². The van der Waals surface area contributed by atoms with E-state index in [1.807, 2.05) is 13.8 Å². The molecule has 12 heteroatoms. The number of thiazole rings is 1. The number of aryl methyl sites for hydroxylation is 1. The maximum atomic E-state index is 14.8. The molecule has 0 radical (unpaired) electrons. The number of nitrogens with zero attached hydrogens (tertiary/aromatic N) is 6. The van der Waals surface area contributed by atoms with Crippen molar-refractivity contribution in [2.75, 3.05) is 0 Å². The molecular formula is C25H20F4N6OS. The van der Waals surface area contributed by atoms with Gasteiger partial charge in [-0.05, 0) is 17.5 Å². The predicted octanol–water partition coefficient (Wildman–Crippen LogP) is 5.65. The van der Waals surface area contributed by atoms with E-state index < -0.39 is 17.7 Å². The molecule has 0 atom stereocenters. The summed E-state index contributed by atoms with van der Waals surface area (Å²) in [6.07, 6.45) is -0.704. The van der Waals surface area contributed by atoms with Gasteiger partial charge in [0.25, 0.3) is 0 Å². The van der Waals surface area contributed by atoms with Gasteiger partial charge < -0.3 is 4.57 Å². The molecule has 0 aliphatic carbocycles. The van der Waals surface area contributed by atoms with E-state index in [2.05, 4.69) is 19.9 Å². The van der Waals surface area contributed by atoms with Crippen LogP contribution in [0.25, 0.3) is 33.1 Å². The van der Waals surface area contributed by atoms with E-state index >= 15 is 0 Å². The van der Waals surface area contributed by atoms with E-state index in [1.165, 1.54) is 34.6 Å². The van der Waals surface area contributed by atoms with E-state index in [4.69, 9.17) is 0 Å². The highest BCUT2D eigenvalue weighted by Crippen LogP contribution is 2.31. The molecule has 4 heterocycles. The average molecular weight is 529 g/mol. The van der Waals surface area contributed by atoms with Crippen LogP contribution in [0, 0.1) is 5.82 Å². The molecule has 0 saturated carbocycles. The summed E-state index contributed by atoms with van der Waals surface area (Å²) in [5, 5.41) is 0. The Morgan fingerprint density at radius 1 is 1.05 bits per heavy atom. The third-order valence-corrected chi connectivity index (χ3v) is 6.73. The van der Waals surface area contributed by atoms with Gasteiger partial charge in [0.05, 0.1) is 28.7 Å². The Kier molecular flexibility index (Phi) is 6.14. The fraction of sp³-hybridized carbons (Fsp3) is 0.240. The molecule has 0 saturated heterocycles. The van der Waals surface area contributed by atoms with E-state index in [0.29, 0.717) is 21.6 Å². The van der Waals surface area contributed by atoms with Crippen LogP contribution in [0.5, 0.6) is 0 Å². The highest BCUT2D eigenvalue weighted by Gasteiger charge is 2.34. The topological polar surface area (TPSA) is 78.5 Å². The van der Waals surface area contributed by atoms with Crippen LogP contribution in [0.2, 0.25) is 0 Å². The summed E-state index contributed by atoms with van der Waals surface area (Å²) in [7, 11) is 1.50. The molecule has 5 aromatic rings. The zero-order valence-corrected chi connectivity index (χ0v) is 20.7. The third kappa shape index (κ3) is 4.64. The standard InChI is InChI=1S/C25H20F4N6OS/c1-13(2)20-19(16(26)8-9-30-20)21-31-10-17-23(33-21)35(24(36)37-17)11-14-4-6-15(7-5-14)22-32-18(12-34(22)3)25(27,28)29/h4-10,12-13H,11H2,1-3H3. The Morgan fingerprint density at radius 2 is 1.78 bits per heavy atom. The van der Waals surface area contributed by atoms with Crippen LogP contribution in [0.3, 0.4) is 0 Å². The largest absolute Gasteiger partial charge is 0.434 e. The molecular weight excluding hydrogens is 508 g/mol. The average Bonchev–Trinajstić information content (AvgIpc) is 3.39. The molecule has 0 bridgehead atoms. The molecule has 7 nitrogen and oxygen atoms in total. The number of rotatable bonds is 5. The highest BCUT2D eigenvalue weighted by atomic mass is 32.1. The van der Waals surface area contributed by atoms with Gasteiger partial charge in [-0.3, -0.25) is 14.3 Å². The van der Waals surface area contributed by atoms with Crippen molar-refractivity contribution in [2.45, 2.75) is 32.5 Å². The fourth-order valence-corrected chi connectivity index (χ4v) is 4.85. The molecule has 0 unspecified atom stereocenters. The molecule has 190 valence electrons. The summed E-state index contributed by atoms with van der Waals surface area (Å²) in [6, 6.07) is 7.98. The lowest BCUT2D eigenvalue weighted by atomic mass is 10.0. The summed E-state index contributed by atoms with van der Waals surface area (Å²) >= 11 is 0.977. The minimum absolute atomic E-state index is 0.0703. The predicted molar refractivity (Wildman–Crippen MR) is 132 cm³/mol. The van der Waals surface area contributed by atoms with Gasteiger partial charge in [-0.2, -0.15) is 13.2 Å². The van der Waals surface area contributed by atoms with Gasteiger partial charge >= 0.3 is 11.0 Å². The fourth-order valence-electron chi connectivity index (χ4n) is 4.05. The number of pyridine rings is 1. The van der Waals surface area contributed by atoms with E-state index in [1.54, 1.807) is 24.3 Å². The molecule has 4 aromatic heterocycles. The number of aromatic nitrogens is 6. The first-order valence-electron chi connectivity index (χ1n) is 11.2. The van der Waals surface area contributed by atoms with Crippen LogP contribution in [0.15, 0.2) is 53.7 Å². The number of alkyl halides is 3. The first-order chi connectivity index (χ1) is 17.5. The molecule has 0 aliphatic rings. The Bertz CT molecular complexity index is 1670. The second-order valence-corrected chi connectivity index (χ2v) is 9.79. The SMILES string of the molecule is CC(C)c1nccc(F)c1-c1ncc2sc(=O)n(Cc3ccc(-c4nc(C(F)(F)F)cn4C)cc3)c2n1. The molecule has 37 heavy (non-hydrogen) atoms. The van der Waals surface area contributed by atoms with Crippen molar-refractivity contribution in [3.05, 3.63) is 81.4 Å². The number of imidazole rings is 1. The Balaban J connectivity index is 1.50. The first-order valence-corrected chi connectivity index (χ1v) is 12.1. The van der Waals surface area contributed by atoms with Gasteiger partial charge in [0.15, 0.2) is 17.2 Å². The summed E-state index contributed by atoms with van der Waals surface area (Å²) < 4.78 is 57.1. The summed E-state index contributed by atoms with van der Waals surface area (Å²) in [6.45, 7) is 3.95. The van der Waals surface area contributed by atoms with Crippen molar-refractivity contribution >= 4 is 21.7 Å². The smallest absolute Gasteiger partial charge is 0.333 e. The molecule has 0 aliphatic heterocycles. The Labute approximate surface area is 212 Å². The van der Waals surface area contributed by atoms with Crippen LogP contribution < -0.4 is 4.87 Å². The van der Waals surface area contributed by atoms with Crippen molar-refractivity contribution in [3.8, 4) is 22.8 Å². The van der Waals surface area contributed by atoms with Crippen molar-refractivity contribution in [1.82, 2.24) is 29.1 Å². The van der Waals surface area contributed by atoms with Crippen molar-refractivity contribution in [1.29, 1.82) is 0 Å². The molecule has 0 N–H and O–H groups in total. The van der Waals surface area contributed by atoms with Crippen LogP contribution in [0.4, 0.5) is 17.6 Å². The Morgan fingerprint density at radius 3 is 2.43 bits per heavy atom. The lowest BCUT2D eigenvalue weighted by molar-refractivity contribution is -0.140. The molecule has 0 fully saturated rings. The summed E-state index contributed by atoms with van der Waals surface area (Å²) in [5.41, 5.74) is 1.34. The number of hydrogen-bond donors (Lipinski definition) is 0. The van der Waals surface area contributed by atoms with E-state index in [9.17, 15) is 22.4 Å². The zero-order valence-electron chi connectivity index (χ0n) is 19.9. The molecule has 0 amide bonds. The lowest BCUT2D eigenvalue weighted by Gasteiger charge is -2.11. The maximum Gasteiger partial charge on any atom is 0.434 e. The first kappa shape index (κ1) is 24.8. The normalized spacial score (nSPS) is 12.1. The monoisotopic (exact) mass is 528 g/mol. The zero-order chi connectivity index (χ0) is 26.5. The van der Waals surface area contributed by atoms with E-state index in [0.717, 1.165) is 23.1 Å². The van der Waals surface area contributed by atoms with Crippen molar-refractivity contribution < 1.29 is 17.6 Å². The van der Waals surface area contributed by atoms with Gasteiger partial charge in [-0.1, -0.05) is 49.4 Å². The quantitative estimate of drug-likeness (QED) is 0.276. The third-order valence-electron chi connectivity index (χ3n) is 5.83. The van der Waals surface area contributed by atoms with Gasteiger partial charge in [-0.15, -0.1) is 0 Å². The van der Waals surface area contributed by atoms with Gasteiger partial charge in [0.2, 0.25) is 0 Å². The summed E-state index contributed by atoms with van der Waals surface area (Å²) in [5.74, 6) is -0.257. The Hall–Kier alpha value is -3.93. The van der Waals surface area contributed by atoms with Crippen molar-refractivity contribution in [3.63, 3.8) is 0 Å². The number of halogens is 4. The minimum Gasteiger partial charge on any atom is -0.333 e. The number of benzene rings is 1. The molecule has 0 spiro atoms. The maximum absolute atomic E-state index is 14.8. The molecule has 5 rings (SSSR count). The van der Waals surface area contributed by atoms with E-state index in [-0.39, 0.29) is 34.5 Å². The van der Waals surface area contributed by atoms with Gasteiger partial charge in [-0.25, -0.2) is 19.3 Å². The highest BCUT2D eigenvalue weighted by molar-refractivity contribution is 7.16. The van der Waals surface area contributed by atoms with Crippen LogP contribution >= 0.6 is 11.3 Å².